The summed E-state index contributed by atoms with van der Waals surface area (Å²) in [4.78, 5) is 18.6. The monoisotopic (exact) mass is 593 g/mol. The van der Waals surface area contributed by atoms with E-state index < -0.39 is 5.60 Å². The van der Waals surface area contributed by atoms with Gasteiger partial charge in [0.25, 0.3) is 0 Å². The van der Waals surface area contributed by atoms with Crippen molar-refractivity contribution in [2.75, 3.05) is 36.0 Å². The molecular weight excluding hydrogens is 542 g/mol. The van der Waals surface area contributed by atoms with Crippen LogP contribution in [0.4, 0.5) is 11.4 Å². The van der Waals surface area contributed by atoms with E-state index in [-0.39, 0.29) is 5.97 Å². The number of cyclic esters (lactones) is 1. The number of anilines is 2. The predicted octanol–water partition coefficient (Wildman–Crippen LogP) is 9.46. The zero-order valence-corrected chi connectivity index (χ0v) is 27.8. The summed E-state index contributed by atoms with van der Waals surface area (Å²) >= 11 is 0. The van der Waals surface area contributed by atoms with Crippen molar-refractivity contribution < 1.29 is 9.53 Å². The number of carbonyl (C=O) groups excluding carboxylic acids is 1. The molecule has 1 atom stereocenters. The Morgan fingerprint density at radius 2 is 1.39 bits per heavy atom. The van der Waals surface area contributed by atoms with Gasteiger partial charge in [0.05, 0.1) is 5.56 Å². The van der Waals surface area contributed by atoms with Crippen molar-refractivity contribution in [2.24, 2.45) is 0 Å². The Kier molecular flexibility index (Phi) is 10.0. The van der Waals surface area contributed by atoms with Gasteiger partial charge in [0.2, 0.25) is 0 Å². The molecule has 1 aliphatic heterocycles. The van der Waals surface area contributed by atoms with Crippen LogP contribution in [0.2, 0.25) is 0 Å². The molecule has 44 heavy (non-hydrogen) atoms. The van der Waals surface area contributed by atoms with Crippen LogP contribution in [-0.2, 0) is 16.9 Å². The summed E-state index contributed by atoms with van der Waals surface area (Å²) in [6.07, 6.45) is 7.52. The fourth-order valence-corrected chi connectivity index (χ4v) is 7.38. The van der Waals surface area contributed by atoms with Crippen molar-refractivity contribution in [1.29, 1.82) is 0 Å². The highest BCUT2D eigenvalue weighted by Crippen LogP contribution is 2.53. The third kappa shape index (κ3) is 5.50. The zero-order chi connectivity index (χ0) is 31.3. The number of hydrogen-bond acceptors (Lipinski definition) is 4. The second-order valence-corrected chi connectivity index (χ2v) is 12.1. The molecule has 1 aromatic heterocycles. The van der Waals surface area contributed by atoms with E-state index in [0.29, 0.717) is 5.56 Å². The largest absolute Gasteiger partial charge is 0.440 e. The van der Waals surface area contributed by atoms with Gasteiger partial charge in [0.1, 0.15) is 0 Å². The van der Waals surface area contributed by atoms with Crippen LogP contribution in [0.25, 0.3) is 10.9 Å². The molecule has 0 saturated carbocycles. The summed E-state index contributed by atoms with van der Waals surface area (Å²) in [5.41, 5.74) is 7.32. The van der Waals surface area contributed by atoms with Gasteiger partial charge in [-0.2, -0.15) is 0 Å². The minimum atomic E-state index is -1.07. The highest BCUT2D eigenvalue weighted by atomic mass is 16.6. The van der Waals surface area contributed by atoms with Gasteiger partial charge >= 0.3 is 5.97 Å². The van der Waals surface area contributed by atoms with E-state index >= 15 is 0 Å². The first kappa shape index (κ1) is 31.7. The van der Waals surface area contributed by atoms with Gasteiger partial charge in [-0.05, 0) is 65.3 Å². The van der Waals surface area contributed by atoms with Gasteiger partial charge in [-0.3, -0.25) is 0 Å². The summed E-state index contributed by atoms with van der Waals surface area (Å²) in [6.45, 7) is 17.8. The normalized spacial score (nSPS) is 15.9. The number of benzene rings is 3. The molecule has 0 saturated heterocycles. The van der Waals surface area contributed by atoms with Crippen molar-refractivity contribution in [3.8, 4) is 0 Å². The first-order chi connectivity index (χ1) is 21.5. The molecule has 0 spiro atoms. The second kappa shape index (κ2) is 13.9. The molecule has 234 valence electrons. The highest BCUT2D eigenvalue weighted by molar-refractivity contribution is 5.99. The molecule has 0 bridgehead atoms. The van der Waals surface area contributed by atoms with Crippen molar-refractivity contribution in [3.63, 3.8) is 0 Å². The van der Waals surface area contributed by atoms with Gasteiger partial charge < -0.3 is 19.1 Å². The highest BCUT2D eigenvalue weighted by Gasteiger charge is 2.52. The minimum Gasteiger partial charge on any atom is -0.440 e. The maximum Gasteiger partial charge on any atom is 0.340 e. The van der Waals surface area contributed by atoms with Crippen LogP contribution in [0.3, 0.4) is 0 Å². The smallest absolute Gasteiger partial charge is 0.340 e. The molecule has 5 rings (SSSR count). The van der Waals surface area contributed by atoms with Crippen molar-refractivity contribution in [1.82, 2.24) is 4.57 Å². The number of aromatic nitrogens is 1. The molecule has 5 nitrogen and oxygen atoms in total. The average Bonchev–Trinajstić information content (AvgIpc) is 3.50. The third-order valence-corrected chi connectivity index (χ3v) is 9.68. The summed E-state index contributed by atoms with van der Waals surface area (Å²) in [5.74, 6) is -0.258. The van der Waals surface area contributed by atoms with Gasteiger partial charge in [-0.25, -0.2) is 4.79 Å². The fraction of sp³-hybridized carbons (Fsp3) is 0.462. The molecule has 0 aliphatic carbocycles. The lowest BCUT2D eigenvalue weighted by molar-refractivity contribution is 0.0255. The Bertz CT molecular complexity index is 1580. The molecular formula is C39H51N3O2. The number of carbonyl (C=O) groups is 1. The Morgan fingerprint density at radius 3 is 2.11 bits per heavy atom. The predicted molar refractivity (Wildman–Crippen MR) is 185 cm³/mol. The number of para-hydroxylation sites is 1. The minimum absolute atomic E-state index is 0.258. The summed E-state index contributed by atoms with van der Waals surface area (Å²) in [7, 11) is 0. The van der Waals surface area contributed by atoms with Crippen molar-refractivity contribution in [3.05, 3.63) is 94.7 Å². The topological polar surface area (TPSA) is 37.7 Å². The summed E-state index contributed by atoms with van der Waals surface area (Å²) in [5, 5.41) is 1.15. The van der Waals surface area contributed by atoms with E-state index in [1.54, 1.807) is 0 Å². The Labute approximate surface area is 264 Å². The van der Waals surface area contributed by atoms with E-state index in [9.17, 15) is 4.79 Å². The first-order valence-corrected chi connectivity index (χ1v) is 17.0. The number of nitrogens with zero attached hydrogens (tertiary/aromatic N) is 3. The van der Waals surface area contributed by atoms with Crippen LogP contribution in [-0.4, -0.2) is 36.7 Å². The standard InChI is InChI=1S/C39H51N3O2/c1-7-12-13-14-15-20-27-42-29(6)37(32-22-17-19-24-35(32)42)39(33-23-18-16-21-31(33)38(43)44-39)34-26-25-30(40(8-2)9-3)28-36(34)41(10-4)11-5/h16-19,21-26,28H,7-15,20,27H2,1-6H3. The van der Waals surface area contributed by atoms with Gasteiger partial charge in [-0.1, -0.05) is 81.5 Å². The van der Waals surface area contributed by atoms with E-state index in [0.717, 1.165) is 66.9 Å². The molecule has 5 heteroatoms. The molecule has 3 aromatic carbocycles. The Hall–Kier alpha value is -3.73. The quantitative estimate of drug-likeness (QED) is 0.102. The lowest BCUT2D eigenvalue weighted by Gasteiger charge is -2.36. The van der Waals surface area contributed by atoms with E-state index in [1.165, 1.54) is 49.0 Å². The molecule has 1 aliphatic rings. The number of ether oxygens (including phenoxy) is 1. The number of rotatable bonds is 15. The molecule has 1 unspecified atom stereocenters. The maximum atomic E-state index is 13.8. The number of aryl methyl sites for hydroxylation is 1. The molecule has 0 amide bonds. The van der Waals surface area contributed by atoms with Crippen LogP contribution < -0.4 is 9.80 Å². The number of fused-ring (bicyclic) bond motifs is 2. The molecule has 0 fully saturated rings. The van der Waals surface area contributed by atoms with Crippen LogP contribution in [0.1, 0.15) is 106 Å². The molecule has 0 N–H and O–H groups in total. The SMILES string of the molecule is CCCCCCCCn1c(C)c(C2(c3ccc(N(CC)CC)cc3N(CC)CC)OC(=O)c3ccccc32)c2ccccc21. The van der Waals surface area contributed by atoms with Crippen molar-refractivity contribution >= 4 is 28.2 Å². The number of unbranched alkanes of at least 4 members (excludes halogenated alkanes) is 5. The van der Waals surface area contributed by atoms with Gasteiger partial charge in [0, 0.05) is 77.4 Å². The van der Waals surface area contributed by atoms with Gasteiger partial charge in [0.15, 0.2) is 5.60 Å². The number of hydrogen-bond donors (Lipinski definition) is 0. The fourth-order valence-electron chi connectivity index (χ4n) is 7.38. The van der Waals surface area contributed by atoms with Gasteiger partial charge in [-0.15, -0.1) is 0 Å². The Balaban J connectivity index is 1.78. The van der Waals surface area contributed by atoms with Crippen LogP contribution in [0.5, 0.6) is 0 Å². The van der Waals surface area contributed by atoms with E-state index in [1.807, 2.05) is 18.2 Å². The molecule has 4 aromatic rings. The average molecular weight is 594 g/mol. The van der Waals surface area contributed by atoms with E-state index in [2.05, 4.69) is 104 Å². The molecule has 2 heterocycles. The lowest BCUT2D eigenvalue weighted by Crippen LogP contribution is -2.34. The first-order valence-electron chi connectivity index (χ1n) is 17.0. The Morgan fingerprint density at radius 1 is 0.727 bits per heavy atom. The second-order valence-electron chi connectivity index (χ2n) is 12.1. The van der Waals surface area contributed by atoms with E-state index in [4.69, 9.17) is 4.74 Å². The third-order valence-electron chi connectivity index (χ3n) is 9.68. The van der Waals surface area contributed by atoms with Crippen LogP contribution in [0, 0.1) is 6.92 Å². The van der Waals surface area contributed by atoms with Crippen LogP contribution in [0.15, 0.2) is 66.7 Å². The lowest BCUT2D eigenvalue weighted by atomic mass is 9.77. The number of esters is 1. The maximum absolute atomic E-state index is 13.8. The van der Waals surface area contributed by atoms with Crippen molar-refractivity contribution in [2.45, 2.75) is 92.2 Å². The zero-order valence-electron chi connectivity index (χ0n) is 27.8. The summed E-state index contributed by atoms with van der Waals surface area (Å²) in [6, 6.07) is 23.5. The van der Waals surface area contributed by atoms with Crippen LogP contribution >= 0.6 is 0 Å². The molecule has 0 radical (unpaired) electrons. The summed E-state index contributed by atoms with van der Waals surface area (Å²) < 4.78 is 9.28.